The molecule has 0 saturated carbocycles. The number of aromatic nitrogens is 1. The third-order valence-corrected chi connectivity index (χ3v) is 2.93. The van der Waals surface area contributed by atoms with Crippen LogP contribution in [0.1, 0.15) is 10.5 Å². The lowest BCUT2D eigenvalue weighted by molar-refractivity contribution is 0.0685. The number of carbonyl (C=O) groups is 1. The number of rotatable bonds is 3. The summed E-state index contributed by atoms with van der Waals surface area (Å²) in [5.41, 5.74) is 0.577. The first-order chi connectivity index (χ1) is 8.13. The van der Waals surface area contributed by atoms with Gasteiger partial charge in [0.15, 0.2) is 5.76 Å². The zero-order chi connectivity index (χ0) is 12.4. The van der Waals surface area contributed by atoms with Crippen LogP contribution in [0.3, 0.4) is 0 Å². The van der Waals surface area contributed by atoms with Crippen LogP contribution >= 0.6 is 15.9 Å². The maximum Gasteiger partial charge on any atom is 0.359 e. The number of aromatic carboxylic acids is 1. The van der Waals surface area contributed by atoms with E-state index in [1.54, 1.807) is 31.4 Å². The zero-order valence-electron chi connectivity index (χ0n) is 8.81. The summed E-state index contributed by atoms with van der Waals surface area (Å²) in [6.45, 7) is 0. The van der Waals surface area contributed by atoms with Crippen LogP contribution in [0, 0.1) is 0 Å². The quantitative estimate of drug-likeness (QED) is 0.943. The fraction of sp³-hybridized carbons (Fsp3) is 0.0909. The molecule has 0 unspecified atom stereocenters. The molecule has 5 nitrogen and oxygen atoms in total. The maximum absolute atomic E-state index is 10.8. The van der Waals surface area contributed by atoms with Crippen LogP contribution in [0.4, 0.5) is 0 Å². The Morgan fingerprint density at radius 1 is 1.41 bits per heavy atom. The van der Waals surface area contributed by atoms with Gasteiger partial charge in [0, 0.05) is 5.56 Å². The number of carboxylic acids is 1. The van der Waals surface area contributed by atoms with E-state index in [0.29, 0.717) is 16.0 Å². The Morgan fingerprint density at radius 2 is 2.06 bits per heavy atom. The number of carboxylic acid groups (broad SMARTS) is 1. The Morgan fingerprint density at radius 3 is 2.53 bits per heavy atom. The number of methoxy groups -OCH3 is 1. The summed E-state index contributed by atoms with van der Waals surface area (Å²) in [4.78, 5) is 10.8. The van der Waals surface area contributed by atoms with E-state index in [9.17, 15) is 4.79 Å². The molecule has 1 aromatic heterocycles. The minimum absolute atomic E-state index is 0.143. The van der Waals surface area contributed by atoms with Crippen molar-refractivity contribution in [2.24, 2.45) is 0 Å². The van der Waals surface area contributed by atoms with Crippen LogP contribution in [0.25, 0.3) is 11.3 Å². The van der Waals surface area contributed by atoms with Crippen molar-refractivity contribution in [3.8, 4) is 17.1 Å². The summed E-state index contributed by atoms with van der Waals surface area (Å²) in [5, 5.41) is 12.3. The summed E-state index contributed by atoms with van der Waals surface area (Å²) in [6.07, 6.45) is 0. The highest BCUT2D eigenvalue weighted by atomic mass is 79.9. The first-order valence-corrected chi connectivity index (χ1v) is 5.45. The molecule has 2 aromatic rings. The van der Waals surface area contributed by atoms with Crippen molar-refractivity contribution >= 4 is 21.9 Å². The van der Waals surface area contributed by atoms with E-state index in [0.717, 1.165) is 5.56 Å². The summed E-state index contributed by atoms with van der Waals surface area (Å²) < 4.78 is 10.4. The number of hydrogen-bond donors (Lipinski definition) is 1. The van der Waals surface area contributed by atoms with Crippen molar-refractivity contribution in [3.63, 3.8) is 0 Å². The Bertz CT molecular complexity index is 547. The van der Waals surface area contributed by atoms with Crippen molar-refractivity contribution in [2.75, 3.05) is 7.11 Å². The van der Waals surface area contributed by atoms with Crippen molar-refractivity contribution in [1.29, 1.82) is 0 Å². The zero-order valence-corrected chi connectivity index (χ0v) is 10.4. The van der Waals surface area contributed by atoms with Gasteiger partial charge in [-0.2, -0.15) is 0 Å². The minimum Gasteiger partial charge on any atom is -0.497 e. The van der Waals surface area contributed by atoms with E-state index in [1.165, 1.54) is 0 Å². The third kappa shape index (κ3) is 2.16. The van der Waals surface area contributed by atoms with Gasteiger partial charge < -0.3 is 14.4 Å². The minimum atomic E-state index is -1.14. The molecule has 1 aromatic carbocycles. The number of benzene rings is 1. The molecule has 0 saturated heterocycles. The molecule has 0 radical (unpaired) electrons. The van der Waals surface area contributed by atoms with E-state index in [1.807, 2.05) is 0 Å². The highest BCUT2D eigenvalue weighted by Crippen LogP contribution is 2.31. The Balaban J connectivity index is 2.42. The van der Waals surface area contributed by atoms with Crippen molar-refractivity contribution in [2.45, 2.75) is 0 Å². The van der Waals surface area contributed by atoms with Gasteiger partial charge in [-0.25, -0.2) is 4.79 Å². The van der Waals surface area contributed by atoms with Gasteiger partial charge in [0.05, 0.1) is 7.11 Å². The van der Waals surface area contributed by atoms with Gasteiger partial charge in [0.2, 0.25) is 5.69 Å². The van der Waals surface area contributed by atoms with E-state index in [2.05, 4.69) is 21.1 Å². The molecule has 1 N–H and O–H groups in total. The summed E-state index contributed by atoms with van der Waals surface area (Å²) in [6, 6.07) is 7.03. The second kappa shape index (κ2) is 4.58. The van der Waals surface area contributed by atoms with Gasteiger partial charge in [-0.05, 0) is 40.2 Å². The fourth-order valence-corrected chi connectivity index (χ4v) is 1.88. The van der Waals surface area contributed by atoms with E-state index in [4.69, 9.17) is 14.4 Å². The molecular formula is C11H8BrNO4. The molecule has 0 bridgehead atoms. The molecule has 0 atom stereocenters. The van der Waals surface area contributed by atoms with Crippen LogP contribution < -0.4 is 4.74 Å². The standard InChI is InChI=1S/C11H8BrNO4/c1-16-7-4-2-6(3-5-7)10-8(12)9(11(14)15)13-17-10/h2-5H,1H3,(H,14,15). The lowest BCUT2D eigenvalue weighted by Crippen LogP contribution is -1.96. The molecule has 0 aliphatic carbocycles. The molecule has 6 heteroatoms. The second-order valence-electron chi connectivity index (χ2n) is 3.21. The molecule has 0 aliphatic rings. The van der Waals surface area contributed by atoms with Crippen LogP contribution in [0.5, 0.6) is 5.75 Å². The van der Waals surface area contributed by atoms with Crippen LogP contribution in [-0.4, -0.2) is 23.3 Å². The molecule has 0 fully saturated rings. The average molecular weight is 298 g/mol. The lowest BCUT2D eigenvalue weighted by Gasteiger charge is -2.00. The summed E-state index contributed by atoms with van der Waals surface area (Å²) in [5.74, 6) is -0.0479. The summed E-state index contributed by atoms with van der Waals surface area (Å²) in [7, 11) is 1.57. The maximum atomic E-state index is 10.8. The Labute approximate surface area is 105 Å². The molecule has 0 aliphatic heterocycles. The molecule has 0 spiro atoms. The van der Waals surface area contributed by atoms with Crippen LogP contribution in [0.15, 0.2) is 33.3 Å². The molecule has 88 valence electrons. The van der Waals surface area contributed by atoms with Gasteiger partial charge in [0.25, 0.3) is 0 Å². The smallest absolute Gasteiger partial charge is 0.359 e. The van der Waals surface area contributed by atoms with Crippen LogP contribution in [0.2, 0.25) is 0 Å². The van der Waals surface area contributed by atoms with Gasteiger partial charge in [0.1, 0.15) is 10.2 Å². The highest BCUT2D eigenvalue weighted by Gasteiger charge is 2.20. The Hall–Kier alpha value is -1.82. The van der Waals surface area contributed by atoms with Gasteiger partial charge in [-0.1, -0.05) is 5.16 Å². The third-order valence-electron chi connectivity index (χ3n) is 2.19. The predicted molar refractivity (Wildman–Crippen MR) is 63.2 cm³/mol. The average Bonchev–Trinajstić information content (AvgIpc) is 2.71. The second-order valence-corrected chi connectivity index (χ2v) is 4.00. The van der Waals surface area contributed by atoms with Crippen molar-refractivity contribution < 1.29 is 19.2 Å². The number of ether oxygens (including phenoxy) is 1. The van der Waals surface area contributed by atoms with Gasteiger partial charge >= 0.3 is 5.97 Å². The molecule has 2 rings (SSSR count). The number of halogens is 1. The molecule has 17 heavy (non-hydrogen) atoms. The van der Waals surface area contributed by atoms with E-state index >= 15 is 0 Å². The predicted octanol–water partition coefficient (Wildman–Crippen LogP) is 2.81. The largest absolute Gasteiger partial charge is 0.497 e. The van der Waals surface area contributed by atoms with Gasteiger partial charge in [-0.15, -0.1) is 0 Å². The molecular weight excluding hydrogens is 290 g/mol. The molecule has 0 amide bonds. The van der Waals surface area contributed by atoms with Crippen LogP contribution in [-0.2, 0) is 0 Å². The fourth-order valence-electron chi connectivity index (χ4n) is 1.33. The van der Waals surface area contributed by atoms with E-state index < -0.39 is 5.97 Å². The number of nitrogens with zero attached hydrogens (tertiary/aromatic N) is 1. The SMILES string of the molecule is COc1ccc(-c2onc(C(=O)O)c2Br)cc1. The van der Waals surface area contributed by atoms with Crippen molar-refractivity contribution in [1.82, 2.24) is 5.16 Å². The van der Waals surface area contributed by atoms with Gasteiger partial charge in [-0.3, -0.25) is 0 Å². The van der Waals surface area contributed by atoms with Crippen molar-refractivity contribution in [3.05, 3.63) is 34.4 Å². The Kier molecular flexibility index (Phi) is 3.14. The first-order valence-electron chi connectivity index (χ1n) is 4.66. The normalized spacial score (nSPS) is 10.2. The molecule has 1 heterocycles. The number of hydrogen-bond acceptors (Lipinski definition) is 4. The summed E-state index contributed by atoms with van der Waals surface area (Å²) >= 11 is 3.16. The topological polar surface area (TPSA) is 72.6 Å². The highest BCUT2D eigenvalue weighted by molar-refractivity contribution is 9.10. The van der Waals surface area contributed by atoms with E-state index in [-0.39, 0.29) is 5.69 Å². The lowest BCUT2D eigenvalue weighted by atomic mass is 10.1. The first kappa shape index (κ1) is 11.7. The monoisotopic (exact) mass is 297 g/mol.